The number of methoxy groups -OCH3 is 1. The van der Waals surface area contributed by atoms with Crippen molar-refractivity contribution in [2.24, 2.45) is 0 Å². The molecule has 2 rings (SSSR count). The zero-order valence-corrected chi connectivity index (χ0v) is 13.0. The normalized spacial score (nSPS) is 18.4. The number of anilines is 1. The zero-order chi connectivity index (χ0) is 14.5. The van der Waals surface area contributed by atoms with Crippen LogP contribution in [0.4, 0.5) is 5.82 Å². The van der Waals surface area contributed by atoms with E-state index in [9.17, 15) is 4.79 Å². The molecule has 112 valence electrons. The van der Waals surface area contributed by atoms with Gasteiger partial charge < -0.3 is 25.1 Å². The van der Waals surface area contributed by atoms with Gasteiger partial charge in [0, 0.05) is 20.3 Å². The van der Waals surface area contributed by atoms with Crippen molar-refractivity contribution in [3.8, 4) is 0 Å². The molecule has 8 heteroatoms. The minimum absolute atomic E-state index is 0.142. The lowest BCUT2D eigenvalue weighted by atomic mass is 10.2. The van der Waals surface area contributed by atoms with E-state index in [-0.39, 0.29) is 12.0 Å². The Labute approximate surface area is 126 Å². The Morgan fingerprint density at radius 3 is 3.15 bits per heavy atom. The third-order valence-electron chi connectivity index (χ3n) is 3.14. The van der Waals surface area contributed by atoms with Crippen LogP contribution in [0, 0.1) is 3.95 Å². The number of carbonyl (C=O) groups is 1. The Hall–Kier alpha value is -0.960. The molecule has 0 aromatic carbocycles. The van der Waals surface area contributed by atoms with Crippen LogP contribution in [0.3, 0.4) is 0 Å². The van der Waals surface area contributed by atoms with Crippen molar-refractivity contribution in [1.82, 2.24) is 9.88 Å². The van der Waals surface area contributed by atoms with Gasteiger partial charge in [0.25, 0.3) is 5.91 Å². The number of hydrogen-bond acceptors (Lipinski definition) is 6. The molecule has 1 atom stereocenters. The summed E-state index contributed by atoms with van der Waals surface area (Å²) in [5.41, 5.74) is 6.05. The topological polar surface area (TPSA) is 78.5 Å². The Morgan fingerprint density at radius 2 is 2.50 bits per heavy atom. The van der Waals surface area contributed by atoms with E-state index in [0.717, 1.165) is 19.4 Å². The molecule has 1 aromatic heterocycles. The van der Waals surface area contributed by atoms with Crippen LogP contribution in [0.15, 0.2) is 0 Å². The smallest absolute Gasteiger partial charge is 0.265 e. The molecule has 1 aromatic rings. The molecule has 0 bridgehead atoms. The molecular formula is C12H19N3O3S2. The van der Waals surface area contributed by atoms with Gasteiger partial charge >= 0.3 is 0 Å². The molecule has 6 nitrogen and oxygen atoms in total. The molecule has 0 saturated carbocycles. The first-order chi connectivity index (χ1) is 9.63. The molecule has 0 spiro atoms. The fourth-order valence-electron chi connectivity index (χ4n) is 2.09. The summed E-state index contributed by atoms with van der Waals surface area (Å²) in [6.45, 7) is 2.32. The van der Waals surface area contributed by atoms with Crippen LogP contribution >= 0.6 is 23.6 Å². The third-order valence-corrected chi connectivity index (χ3v) is 4.61. The van der Waals surface area contributed by atoms with Gasteiger partial charge in [-0.2, -0.15) is 0 Å². The second kappa shape index (κ2) is 7.16. The van der Waals surface area contributed by atoms with Gasteiger partial charge in [0.15, 0.2) is 3.95 Å². The van der Waals surface area contributed by atoms with Crippen molar-refractivity contribution in [1.29, 1.82) is 0 Å². The molecule has 2 heterocycles. The number of hydrogen-bond donors (Lipinski definition) is 2. The van der Waals surface area contributed by atoms with Crippen LogP contribution < -0.4 is 11.1 Å². The van der Waals surface area contributed by atoms with Gasteiger partial charge in [-0.15, -0.1) is 0 Å². The monoisotopic (exact) mass is 317 g/mol. The van der Waals surface area contributed by atoms with Gasteiger partial charge in [0.05, 0.1) is 19.3 Å². The van der Waals surface area contributed by atoms with Gasteiger partial charge in [-0.1, -0.05) is 11.3 Å². The van der Waals surface area contributed by atoms with E-state index in [2.05, 4.69) is 5.32 Å². The molecule has 1 amide bonds. The minimum atomic E-state index is -0.207. The lowest BCUT2D eigenvalue weighted by molar-refractivity contribution is 0.0935. The average Bonchev–Trinajstić information content (AvgIpc) is 3.02. The molecule has 20 heavy (non-hydrogen) atoms. The highest BCUT2D eigenvalue weighted by atomic mass is 32.1. The lowest BCUT2D eigenvalue weighted by Gasteiger charge is -2.12. The molecule has 3 N–H and O–H groups in total. The van der Waals surface area contributed by atoms with Crippen molar-refractivity contribution in [2.45, 2.75) is 25.5 Å². The Kier molecular flexibility index (Phi) is 5.53. The van der Waals surface area contributed by atoms with Gasteiger partial charge in [0.2, 0.25) is 0 Å². The van der Waals surface area contributed by atoms with Gasteiger partial charge in [-0.05, 0) is 25.1 Å². The number of ether oxygens (including phenoxy) is 2. The Bertz CT molecular complexity index is 521. The van der Waals surface area contributed by atoms with E-state index < -0.39 is 0 Å². The van der Waals surface area contributed by atoms with Crippen molar-refractivity contribution in [3.63, 3.8) is 0 Å². The molecule has 0 radical (unpaired) electrons. The molecular weight excluding hydrogens is 298 g/mol. The minimum Gasteiger partial charge on any atom is -0.384 e. The van der Waals surface area contributed by atoms with Crippen LogP contribution in [-0.2, 0) is 16.0 Å². The first kappa shape index (κ1) is 15.4. The van der Waals surface area contributed by atoms with Crippen LogP contribution in [0.2, 0.25) is 0 Å². The summed E-state index contributed by atoms with van der Waals surface area (Å²) in [5, 5.41) is 2.75. The SMILES string of the molecule is COCCNC(=O)c1sc(=S)n(CC2CCCO2)c1N. The zero-order valence-electron chi connectivity index (χ0n) is 11.4. The Balaban J connectivity index is 2.07. The number of nitrogens with zero attached hydrogens (tertiary/aromatic N) is 1. The number of aromatic nitrogens is 1. The van der Waals surface area contributed by atoms with Crippen molar-refractivity contribution in [2.75, 3.05) is 32.6 Å². The maximum absolute atomic E-state index is 12.0. The highest BCUT2D eigenvalue weighted by Crippen LogP contribution is 2.24. The average molecular weight is 317 g/mol. The highest BCUT2D eigenvalue weighted by Gasteiger charge is 2.21. The second-order valence-electron chi connectivity index (χ2n) is 4.58. The first-order valence-corrected chi connectivity index (χ1v) is 7.73. The van der Waals surface area contributed by atoms with E-state index in [1.54, 1.807) is 11.7 Å². The molecule has 1 aliphatic heterocycles. The van der Waals surface area contributed by atoms with Crippen LogP contribution in [-0.4, -0.2) is 43.4 Å². The fraction of sp³-hybridized carbons (Fsp3) is 0.667. The van der Waals surface area contributed by atoms with Crippen LogP contribution in [0.5, 0.6) is 0 Å². The van der Waals surface area contributed by atoms with Gasteiger partial charge in [0.1, 0.15) is 10.7 Å². The van der Waals surface area contributed by atoms with E-state index in [0.29, 0.717) is 34.3 Å². The number of amides is 1. The second-order valence-corrected chi connectivity index (χ2v) is 6.22. The van der Waals surface area contributed by atoms with Crippen LogP contribution in [0.25, 0.3) is 0 Å². The number of carbonyl (C=O) groups excluding carboxylic acids is 1. The largest absolute Gasteiger partial charge is 0.384 e. The van der Waals surface area contributed by atoms with E-state index in [4.69, 9.17) is 27.4 Å². The predicted molar refractivity (Wildman–Crippen MR) is 80.7 cm³/mol. The molecule has 1 fully saturated rings. The van der Waals surface area contributed by atoms with Gasteiger partial charge in [-0.25, -0.2) is 0 Å². The standard InChI is InChI=1S/C12H19N3O3S2/c1-17-6-4-14-11(16)9-10(13)15(12(19)20-9)7-8-3-2-5-18-8/h8H,2-7,13H2,1H3,(H,14,16). The predicted octanol–water partition coefficient (Wildman–Crippen LogP) is 1.42. The number of nitrogens with two attached hydrogens (primary N) is 1. The van der Waals surface area contributed by atoms with Gasteiger partial charge in [-0.3, -0.25) is 4.79 Å². The van der Waals surface area contributed by atoms with E-state index in [1.165, 1.54) is 11.3 Å². The molecule has 1 unspecified atom stereocenters. The summed E-state index contributed by atoms with van der Waals surface area (Å²) < 4.78 is 12.9. The van der Waals surface area contributed by atoms with Crippen LogP contribution in [0.1, 0.15) is 22.5 Å². The number of nitrogens with one attached hydrogen (secondary N) is 1. The van der Waals surface area contributed by atoms with Crippen molar-refractivity contribution < 1.29 is 14.3 Å². The Morgan fingerprint density at radius 1 is 1.70 bits per heavy atom. The molecule has 1 saturated heterocycles. The first-order valence-electron chi connectivity index (χ1n) is 6.51. The van der Waals surface area contributed by atoms with Crippen molar-refractivity contribution in [3.05, 3.63) is 8.83 Å². The summed E-state index contributed by atoms with van der Waals surface area (Å²) >= 11 is 6.53. The molecule has 0 aliphatic carbocycles. The summed E-state index contributed by atoms with van der Waals surface area (Å²) in [6.07, 6.45) is 2.21. The highest BCUT2D eigenvalue weighted by molar-refractivity contribution is 7.73. The number of thiazole rings is 1. The summed E-state index contributed by atoms with van der Waals surface area (Å²) in [4.78, 5) is 12.5. The number of nitrogen functional groups attached to an aromatic ring is 1. The van der Waals surface area contributed by atoms with Crippen molar-refractivity contribution >= 4 is 35.3 Å². The summed E-state index contributed by atoms with van der Waals surface area (Å²) in [5.74, 6) is 0.215. The fourth-order valence-corrected chi connectivity index (χ4v) is 3.35. The maximum Gasteiger partial charge on any atom is 0.265 e. The third kappa shape index (κ3) is 3.57. The maximum atomic E-state index is 12.0. The van der Waals surface area contributed by atoms with E-state index in [1.807, 2.05) is 0 Å². The van der Waals surface area contributed by atoms with E-state index >= 15 is 0 Å². The summed E-state index contributed by atoms with van der Waals surface area (Å²) in [7, 11) is 1.59. The quantitative estimate of drug-likeness (QED) is 0.613. The lowest BCUT2D eigenvalue weighted by Crippen LogP contribution is -2.27. The summed E-state index contributed by atoms with van der Waals surface area (Å²) in [6, 6.07) is 0. The number of rotatable bonds is 6. The molecule has 1 aliphatic rings.